The first-order chi connectivity index (χ1) is 30.7. The molecule has 0 aliphatic heterocycles. The second kappa shape index (κ2) is 12.0. The lowest BCUT2D eigenvalue weighted by Crippen LogP contribution is -1.91. The molecule has 10 aromatic rings. The maximum absolute atomic E-state index is 9.30. The molecule has 0 aliphatic rings. The van der Waals surface area contributed by atoms with Gasteiger partial charge in [-0.2, -0.15) is 0 Å². The molecular weight excluding hydrogens is 617 g/mol. The van der Waals surface area contributed by atoms with E-state index in [-0.39, 0.29) is 32.7 Å². The second-order valence-corrected chi connectivity index (χ2v) is 12.2. The number of hydrogen-bond donors (Lipinski definition) is 0. The first kappa shape index (κ1) is 18.9. The van der Waals surface area contributed by atoms with Crippen molar-refractivity contribution in [2.75, 3.05) is 0 Å². The van der Waals surface area contributed by atoms with Crippen molar-refractivity contribution in [3.05, 3.63) is 194 Å². The van der Waals surface area contributed by atoms with Gasteiger partial charge in [0.25, 0.3) is 0 Å². The van der Waals surface area contributed by atoms with E-state index in [4.69, 9.17) is 16.8 Å². The summed E-state index contributed by atoms with van der Waals surface area (Å²) < 4.78 is 122. The van der Waals surface area contributed by atoms with E-state index >= 15 is 0 Å². The van der Waals surface area contributed by atoms with E-state index in [0.29, 0.717) is 11.1 Å². The summed E-state index contributed by atoms with van der Waals surface area (Å²) in [7, 11) is 0. The maximum atomic E-state index is 9.30. The molecule has 238 valence electrons. The molecule has 1 nitrogen and oxygen atoms in total. The Labute approximate surface area is 315 Å². The molecule has 1 heterocycles. The number of rotatable bonds is 5. The van der Waals surface area contributed by atoms with Crippen molar-refractivity contribution in [1.82, 2.24) is 0 Å². The van der Waals surface area contributed by atoms with E-state index in [2.05, 4.69) is 36.4 Å². The first-order valence-corrected chi connectivity index (χ1v) is 16.4. The van der Waals surface area contributed by atoms with Gasteiger partial charge in [0.15, 0.2) is 0 Å². The minimum absolute atomic E-state index is 0.0691. The zero-order valence-corrected chi connectivity index (χ0v) is 26.9. The highest BCUT2D eigenvalue weighted by molar-refractivity contribution is 6.21. The molecule has 0 radical (unpaired) electrons. The van der Waals surface area contributed by atoms with Gasteiger partial charge in [-0.3, -0.25) is 0 Å². The van der Waals surface area contributed by atoms with Crippen LogP contribution in [0.25, 0.3) is 99.1 Å². The third-order valence-electron chi connectivity index (χ3n) is 9.43. The normalized spacial score (nSPS) is 15.1. The molecule has 1 heteroatoms. The highest BCUT2D eigenvalue weighted by atomic mass is 16.3. The summed E-state index contributed by atoms with van der Waals surface area (Å²) in [4.78, 5) is 0. The van der Waals surface area contributed by atoms with Gasteiger partial charge >= 0.3 is 0 Å². The maximum Gasteiger partial charge on any atom is 0.136 e. The van der Waals surface area contributed by atoms with Gasteiger partial charge in [0.2, 0.25) is 0 Å². The minimum Gasteiger partial charge on any atom is -0.456 e. The second-order valence-electron chi connectivity index (χ2n) is 12.2. The Morgan fingerprint density at radius 2 is 0.804 bits per heavy atom. The van der Waals surface area contributed by atoms with Crippen LogP contribution in [0.4, 0.5) is 0 Å². The van der Waals surface area contributed by atoms with Crippen LogP contribution in [-0.2, 0) is 0 Å². The zero-order chi connectivity index (χ0) is 45.0. The largest absolute Gasteiger partial charge is 0.456 e. The van der Waals surface area contributed by atoms with Gasteiger partial charge in [-0.05, 0) is 83.7 Å². The molecule has 0 spiro atoms. The van der Waals surface area contributed by atoms with Crippen LogP contribution in [-0.4, -0.2) is 0 Å². The van der Waals surface area contributed by atoms with Gasteiger partial charge in [0, 0.05) is 16.3 Å². The Balaban J connectivity index is 1.28. The average Bonchev–Trinajstić information content (AvgIpc) is 3.71. The first-order valence-electron chi connectivity index (χ1n) is 22.9. The molecule has 0 fully saturated rings. The lowest BCUT2D eigenvalue weighted by Gasteiger charge is -2.18. The van der Waals surface area contributed by atoms with Gasteiger partial charge < -0.3 is 4.42 Å². The molecule has 0 aliphatic carbocycles. The predicted molar refractivity (Wildman–Crippen MR) is 216 cm³/mol. The summed E-state index contributed by atoms with van der Waals surface area (Å²) in [5, 5.41) is 1.07. The van der Waals surface area contributed by atoms with Crippen LogP contribution in [0.1, 0.15) is 17.8 Å². The van der Waals surface area contributed by atoms with Crippen molar-refractivity contribution in [1.29, 1.82) is 0 Å². The molecule has 9 aromatic carbocycles. The monoisotopic (exact) mass is 661 g/mol. The molecule has 0 saturated carbocycles. The van der Waals surface area contributed by atoms with Gasteiger partial charge in [-0.1, -0.05) is 182 Å². The van der Waals surface area contributed by atoms with Crippen LogP contribution in [0, 0.1) is 0 Å². The fraction of sp³-hybridized carbons (Fsp3) is 0. The third-order valence-corrected chi connectivity index (χ3v) is 9.43. The summed E-state index contributed by atoms with van der Waals surface area (Å²) >= 11 is 0. The lowest BCUT2D eigenvalue weighted by molar-refractivity contribution is 0.669. The molecule has 0 N–H and O–H groups in total. The topological polar surface area (TPSA) is 13.1 Å². The zero-order valence-electron chi connectivity index (χ0n) is 39.9. The highest BCUT2D eigenvalue weighted by Gasteiger charge is 2.19. The molecule has 10 rings (SSSR count). The van der Waals surface area contributed by atoms with Crippen molar-refractivity contribution in [2.45, 2.75) is 0 Å². The van der Waals surface area contributed by atoms with Crippen molar-refractivity contribution < 1.29 is 22.2 Å². The predicted octanol–water partition coefficient (Wildman–Crippen LogP) is 14.2. The molecule has 0 atom stereocenters. The molecule has 1 aromatic heterocycles. The number of para-hydroxylation sites is 1. The quantitative estimate of drug-likeness (QED) is 0.167. The van der Waals surface area contributed by atoms with E-state index in [1.165, 1.54) is 0 Å². The van der Waals surface area contributed by atoms with E-state index < -0.39 is 84.1 Å². The summed E-state index contributed by atoms with van der Waals surface area (Å²) in [5.74, 6) is 0. The van der Waals surface area contributed by atoms with Crippen LogP contribution in [0.15, 0.2) is 198 Å². The Morgan fingerprint density at radius 3 is 1.45 bits per heavy atom. The molecule has 0 bridgehead atoms. The molecule has 0 saturated heterocycles. The van der Waals surface area contributed by atoms with E-state index in [9.17, 15) is 5.48 Å². The van der Waals surface area contributed by atoms with Crippen LogP contribution in [0.3, 0.4) is 0 Å². The lowest BCUT2D eigenvalue weighted by atomic mass is 9.85. The van der Waals surface area contributed by atoms with Crippen molar-refractivity contribution in [2.24, 2.45) is 0 Å². The third kappa shape index (κ3) is 4.86. The number of hydrogen-bond acceptors (Lipinski definition) is 1. The molecular formula is C50H32O. The van der Waals surface area contributed by atoms with E-state index in [1.54, 1.807) is 12.1 Å². The number of benzene rings is 9. The molecule has 0 unspecified atom stereocenters. The van der Waals surface area contributed by atoms with Crippen molar-refractivity contribution >= 4 is 43.5 Å². The number of furan rings is 1. The summed E-state index contributed by atoms with van der Waals surface area (Å²) in [6, 6.07) is 28.9. The smallest absolute Gasteiger partial charge is 0.136 e. The van der Waals surface area contributed by atoms with Gasteiger partial charge in [0.1, 0.15) is 11.2 Å². The van der Waals surface area contributed by atoms with E-state index in [1.807, 2.05) is 66.7 Å². The minimum atomic E-state index is -0.716. The van der Waals surface area contributed by atoms with Crippen molar-refractivity contribution in [3.8, 4) is 55.6 Å². The van der Waals surface area contributed by atoms with Crippen LogP contribution in [0.2, 0.25) is 0 Å². The van der Waals surface area contributed by atoms with Crippen LogP contribution in [0.5, 0.6) is 0 Å². The fourth-order valence-corrected chi connectivity index (χ4v) is 7.17. The van der Waals surface area contributed by atoms with Crippen molar-refractivity contribution in [3.63, 3.8) is 0 Å². The SMILES string of the molecule is [2H]c1c([2H])c([2H])c(-c2c3c([2H])c([2H])c([2H])c([2H])c3c(-c3ccc(-c4ccc5oc6ccccc6c5c4-c4ccc(-c5ccccc5)cc4)cc3)c3c([2H])c([2H])c([2H])c([2H])c23)c([2H])c1[2H]. The van der Waals surface area contributed by atoms with Gasteiger partial charge in [-0.15, -0.1) is 0 Å². The Hall–Kier alpha value is -6.70. The van der Waals surface area contributed by atoms with Crippen LogP contribution >= 0.6 is 0 Å². The van der Waals surface area contributed by atoms with E-state index in [0.717, 1.165) is 49.7 Å². The molecule has 51 heavy (non-hydrogen) atoms. The average molecular weight is 662 g/mol. The Kier molecular flexibility index (Phi) is 4.45. The summed E-state index contributed by atoms with van der Waals surface area (Å²) in [6.07, 6.45) is 0. The standard InChI is InChI=1S/C50H32O/c1-3-13-33(14-4-1)34-23-27-38(28-24-34)49-39(31-32-46-50(49)44-21-11-12-22-45(44)51-46)35-25-29-37(30-26-35)48-42-19-9-7-17-40(42)47(36-15-5-2-6-16-36)41-18-8-10-20-43(41)48/h1-32H/i2D,5D,6D,7D,8D,9D,10D,15D,16D,17D,18D,19D,20D. The Morgan fingerprint density at radius 1 is 0.314 bits per heavy atom. The fourth-order valence-electron chi connectivity index (χ4n) is 7.17. The number of fused-ring (bicyclic) bond motifs is 5. The molecule has 0 amide bonds. The van der Waals surface area contributed by atoms with Crippen LogP contribution < -0.4 is 0 Å². The summed E-state index contributed by atoms with van der Waals surface area (Å²) in [5.41, 5.74) is 6.68. The summed E-state index contributed by atoms with van der Waals surface area (Å²) in [6.45, 7) is 0. The highest BCUT2D eigenvalue weighted by Crippen LogP contribution is 2.46. The van der Waals surface area contributed by atoms with Gasteiger partial charge in [0.05, 0.1) is 17.8 Å². The Bertz CT molecular complexity index is 3510. The van der Waals surface area contributed by atoms with Gasteiger partial charge in [-0.25, -0.2) is 0 Å².